The molecule has 0 amide bonds. The number of aromatic nitrogens is 1. The number of allylic oxidation sites excluding steroid dienone is 1. The van der Waals surface area contributed by atoms with Gasteiger partial charge < -0.3 is 4.74 Å². The quantitative estimate of drug-likeness (QED) is 0.714. The highest BCUT2D eigenvalue weighted by atomic mass is 35.5. The van der Waals surface area contributed by atoms with Gasteiger partial charge in [-0.25, -0.2) is 4.98 Å². The maximum atomic E-state index is 5.98. The lowest BCUT2D eigenvalue weighted by molar-refractivity contribution is 0.234. The van der Waals surface area contributed by atoms with Gasteiger partial charge in [0.25, 0.3) is 0 Å². The molecule has 0 bridgehead atoms. The van der Waals surface area contributed by atoms with Crippen molar-refractivity contribution in [1.82, 2.24) is 4.98 Å². The van der Waals surface area contributed by atoms with Crippen molar-refractivity contribution in [1.29, 1.82) is 0 Å². The minimum absolute atomic E-state index is 0.553. The molecule has 0 fully saturated rings. The molecule has 0 atom stereocenters. The highest BCUT2D eigenvalue weighted by Crippen LogP contribution is 2.23. The minimum Gasteiger partial charge on any atom is -0.381 e. The molecule has 0 aliphatic heterocycles. The molecule has 0 aromatic carbocycles. The summed E-state index contributed by atoms with van der Waals surface area (Å²) in [7, 11) is 1.68. The Morgan fingerprint density at radius 3 is 3.00 bits per heavy atom. The van der Waals surface area contributed by atoms with E-state index in [1.807, 2.05) is 18.2 Å². The van der Waals surface area contributed by atoms with Crippen molar-refractivity contribution in [2.75, 3.05) is 13.7 Å². The predicted octanol–water partition coefficient (Wildman–Crippen LogP) is 3.17. The van der Waals surface area contributed by atoms with Gasteiger partial charge in [-0.1, -0.05) is 30.7 Å². The molecule has 0 saturated heterocycles. The fraction of sp³-hybridized carbons (Fsp3) is 0.364. The van der Waals surface area contributed by atoms with Gasteiger partial charge >= 0.3 is 0 Å². The van der Waals surface area contributed by atoms with Crippen LogP contribution in [0.25, 0.3) is 5.57 Å². The zero-order valence-electron chi connectivity index (χ0n) is 8.46. The van der Waals surface area contributed by atoms with Crippen LogP contribution in [0.4, 0.5) is 0 Å². The fourth-order valence-corrected chi connectivity index (χ4v) is 1.49. The second kappa shape index (κ2) is 5.78. The Labute approximate surface area is 89.6 Å². The third kappa shape index (κ3) is 2.82. The van der Waals surface area contributed by atoms with Crippen LogP contribution in [-0.4, -0.2) is 18.7 Å². The Hall–Kier alpha value is -0.860. The molecule has 1 rings (SSSR count). The van der Waals surface area contributed by atoms with E-state index in [2.05, 4.69) is 11.9 Å². The fourth-order valence-electron chi connectivity index (χ4n) is 1.25. The zero-order valence-corrected chi connectivity index (χ0v) is 9.21. The minimum atomic E-state index is 0.553. The van der Waals surface area contributed by atoms with E-state index >= 15 is 0 Å². The molecule has 0 unspecified atom stereocenters. The smallest absolute Gasteiger partial charge is 0.136 e. The largest absolute Gasteiger partial charge is 0.381 e. The Morgan fingerprint density at radius 2 is 2.43 bits per heavy atom. The number of nitrogens with zero attached hydrogens (tertiary/aromatic N) is 1. The summed E-state index contributed by atoms with van der Waals surface area (Å²) < 4.78 is 5.00. The number of halogens is 1. The first-order valence-electron chi connectivity index (χ1n) is 4.58. The normalized spacial score (nSPS) is 11.8. The molecule has 3 heteroatoms. The lowest BCUT2D eigenvalue weighted by Crippen LogP contribution is -1.90. The number of methoxy groups -OCH3 is 1. The summed E-state index contributed by atoms with van der Waals surface area (Å²) in [6.07, 6.45) is 4.65. The van der Waals surface area contributed by atoms with Gasteiger partial charge in [0.05, 0.1) is 6.61 Å². The summed E-state index contributed by atoms with van der Waals surface area (Å²) in [4.78, 5) is 4.04. The molecule has 0 N–H and O–H groups in total. The highest BCUT2D eigenvalue weighted by molar-refractivity contribution is 6.31. The van der Waals surface area contributed by atoms with E-state index in [1.54, 1.807) is 13.3 Å². The molecule has 0 saturated carbocycles. The van der Waals surface area contributed by atoms with Crippen LogP contribution in [0, 0.1) is 0 Å². The van der Waals surface area contributed by atoms with E-state index < -0.39 is 0 Å². The molecular weight excluding hydrogens is 198 g/mol. The van der Waals surface area contributed by atoms with Crippen molar-refractivity contribution in [3.63, 3.8) is 0 Å². The number of ether oxygens (including phenoxy) is 1. The van der Waals surface area contributed by atoms with Crippen LogP contribution in [-0.2, 0) is 4.74 Å². The molecule has 1 heterocycles. The van der Waals surface area contributed by atoms with Crippen LogP contribution in [0.1, 0.15) is 18.9 Å². The molecule has 0 radical (unpaired) electrons. The van der Waals surface area contributed by atoms with Crippen molar-refractivity contribution in [2.24, 2.45) is 0 Å². The summed E-state index contributed by atoms with van der Waals surface area (Å²) in [6, 6.07) is 3.86. The average Bonchev–Trinajstić information content (AvgIpc) is 2.21. The van der Waals surface area contributed by atoms with Gasteiger partial charge in [0, 0.05) is 18.9 Å². The molecule has 0 aliphatic carbocycles. The third-order valence-electron chi connectivity index (χ3n) is 1.98. The molecular formula is C11H14ClNO. The predicted molar refractivity (Wildman–Crippen MR) is 59.4 cm³/mol. The summed E-state index contributed by atoms with van der Waals surface area (Å²) in [5.74, 6) is 0. The highest BCUT2D eigenvalue weighted by Gasteiger charge is 2.03. The van der Waals surface area contributed by atoms with Crippen molar-refractivity contribution >= 4 is 17.2 Å². The Kier molecular flexibility index (Phi) is 4.63. The van der Waals surface area contributed by atoms with Gasteiger partial charge in [-0.3, -0.25) is 0 Å². The van der Waals surface area contributed by atoms with E-state index in [0.717, 1.165) is 12.0 Å². The van der Waals surface area contributed by atoms with Crippen molar-refractivity contribution in [3.05, 3.63) is 35.1 Å². The average molecular weight is 212 g/mol. The molecule has 0 aliphatic rings. The van der Waals surface area contributed by atoms with E-state index in [4.69, 9.17) is 16.3 Å². The Morgan fingerprint density at radius 1 is 1.64 bits per heavy atom. The standard InChI is InChI=1S/C11H14ClNO/c1-3-9(6-8-14-2)10-5-4-7-13-11(10)12/h4-7H,3,8H2,1-2H3/b9-6+. The molecule has 0 spiro atoms. The monoisotopic (exact) mass is 211 g/mol. The van der Waals surface area contributed by atoms with E-state index in [9.17, 15) is 0 Å². The topological polar surface area (TPSA) is 22.1 Å². The maximum absolute atomic E-state index is 5.98. The second-order valence-electron chi connectivity index (χ2n) is 2.88. The number of rotatable bonds is 4. The molecule has 14 heavy (non-hydrogen) atoms. The van der Waals surface area contributed by atoms with E-state index in [-0.39, 0.29) is 0 Å². The third-order valence-corrected chi connectivity index (χ3v) is 2.28. The van der Waals surface area contributed by atoms with Gasteiger partial charge in [-0.15, -0.1) is 0 Å². The number of hydrogen-bond donors (Lipinski definition) is 0. The summed E-state index contributed by atoms with van der Waals surface area (Å²) in [5.41, 5.74) is 2.17. The van der Waals surface area contributed by atoms with Gasteiger partial charge in [0.1, 0.15) is 5.15 Å². The molecule has 2 nitrogen and oxygen atoms in total. The van der Waals surface area contributed by atoms with Crippen LogP contribution in [0.2, 0.25) is 5.15 Å². The van der Waals surface area contributed by atoms with Gasteiger partial charge in [0.2, 0.25) is 0 Å². The van der Waals surface area contributed by atoms with E-state index in [0.29, 0.717) is 11.8 Å². The van der Waals surface area contributed by atoms with Crippen LogP contribution in [0.3, 0.4) is 0 Å². The van der Waals surface area contributed by atoms with Crippen LogP contribution >= 0.6 is 11.6 Å². The SMILES string of the molecule is CC/C(=C\COC)c1cccnc1Cl. The molecule has 1 aromatic rings. The van der Waals surface area contributed by atoms with Crippen molar-refractivity contribution < 1.29 is 4.74 Å². The first kappa shape index (κ1) is 11.2. The molecule has 1 aromatic heterocycles. The number of hydrogen-bond acceptors (Lipinski definition) is 2. The summed E-state index contributed by atoms with van der Waals surface area (Å²) in [5, 5.41) is 0.553. The summed E-state index contributed by atoms with van der Waals surface area (Å²) in [6.45, 7) is 2.69. The Balaban J connectivity index is 2.95. The zero-order chi connectivity index (χ0) is 10.4. The Bertz CT molecular complexity index is 323. The first-order chi connectivity index (χ1) is 6.79. The van der Waals surface area contributed by atoms with Crippen molar-refractivity contribution in [2.45, 2.75) is 13.3 Å². The maximum Gasteiger partial charge on any atom is 0.136 e. The van der Waals surface area contributed by atoms with Crippen molar-refractivity contribution in [3.8, 4) is 0 Å². The lowest BCUT2D eigenvalue weighted by atomic mass is 10.1. The lowest BCUT2D eigenvalue weighted by Gasteiger charge is -2.06. The summed E-state index contributed by atoms with van der Waals surface area (Å²) >= 11 is 5.98. The van der Waals surface area contributed by atoms with Crippen LogP contribution in [0.5, 0.6) is 0 Å². The van der Waals surface area contributed by atoms with Gasteiger partial charge in [0.15, 0.2) is 0 Å². The van der Waals surface area contributed by atoms with Gasteiger partial charge in [-0.05, 0) is 18.1 Å². The van der Waals surface area contributed by atoms with Crippen LogP contribution in [0.15, 0.2) is 24.4 Å². The van der Waals surface area contributed by atoms with Gasteiger partial charge in [-0.2, -0.15) is 0 Å². The van der Waals surface area contributed by atoms with E-state index in [1.165, 1.54) is 5.57 Å². The molecule has 76 valence electrons. The first-order valence-corrected chi connectivity index (χ1v) is 4.96. The van der Waals surface area contributed by atoms with Crippen LogP contribution < -0.4 is 0 Å². The number of pyridine rings is 1. The second-order valence-corrected chi connectivity index (χ2v) is 3.24.